The van der Waals surface area contributed by atoms with Crippen LogP contribution in [0.2, 0.25) is 0 Å². The molecule has 76 valence electrons. The normalized spacial score (nSPS) is 9.93. The molecule has 0 aliphatic rings. The van der Waals surface area contributed by atoms with Crippen molar-refractivity contribution >= 4 is 18.5 Å². The Morgan fingerprint density at radius 3 is 2.79 bits per heavy atom. The lowest BCUT2D eigenvalue weighted by molar-refractivity contribution is -0.118. The lowest BCUT2D eigenvalue weighted by Crippen LogP contribution is -2.24. The van der Waals surface area contributed by atoms with E-state index in [-0.39, 0.29) is 11.7 Å². The Kier molecular flexibility index (Phi) is 4.01. The maximum absolute atomic E-state index is 11.0. The quantitative estimate of drug-likeness (QED) is 0.731. The molecule has 1 aromatic carbocycles. The molecule has 0 aliphatic heterocycles. The molecular weight excluding hydrogens is 194 g/mol. The summed E-state index contributed by atoms with van der Waals surface area (Å²) in [5, 5.41) is 2.80. The van der Waals surface area contributed by atoms with Crippen molar-refractivity contribution in [3.63, 3.8) is 0 Å². The molecule has 0 aromatic heterocycles. The van der Waals surface area contributed by atoms with Crippen molar-refractivity contribution in [1.29, 1.82) is 0 Å². The SMILES string of the molecule is Cc1ccc(C)c(CNC(=O)CS)c1. The van der Waals surface area contributed by atoms with Crippen LogP contribution in [0.3, 0.4) is 0 Å². The minimum absolute atomic E-state index is 0.0331. The van der Waals surface area contributed by atoms with Crippen molar-refractivity contribution in [2.75, 3.05) is 5.75 Å². The summed E-state index contributed by atoms with van der Waals surface area (Å²) in [6.45, 7) is 4.68. The van der Waals surface area contributed by atoms with E-state index in [1.807, 2.05) is 13.8 Å². The van der Waals surface area contributed by atoms with Crippen LogP contribution in [0.15, 0.2) is 18.2 Å². The number of thiol groups is 1. The highest BCUT2D eigenvalue weighted by molar-refractivity contribution is 7.81. The van der Waals surface area contributed by atoms with E-state index in [4.69, 9.17) is 0 Å². The van der Waals surface area contributed by atoms with Crippen LogP contribution in [0.5, 0.6) is 0 Å². The summed E-state index contributed by atoms with van der Waals surface area (Å²) in [7, 11) is 0. The lowest BCUT2D eigenvalue weighted by Gasteiger charge is -2.07. The first-order chi connectivity index (χ1) is 6.63. The summed E-state index contributed by atoms with van der Waals surface area (Å²) in [6.07, 6.45) is 0. The zero-order valence-electron chi connectivity index (χ0n) is 8.50. The highest BCUT2D eigenvalue weighted by atomic mass is 32.1. The van der Waals surface area contributed by atoms with Crippen molar-refractivity contribution in [2.24, 2.45) is 0 Å². The number of carbonyl (C=O) groups is 1. The van der Waals surface area contributed by atoms with Gasteiger partial charge in [-0.05, 0) is 25.0 Å². The highest BCUT2D eigenvalue weighted by Gasteiger charge is 2.00. The maximum atomic E-state index is 11.0. The number of rotatable bonds is 3. The zero-order valence-corrected chi connectivity index (χ0v) is 9.40. The van der Waals surface area contributed by atoms with Crippen LogP contribution in [-0.4, -0.2) is 11.7 Å². The number of aryl methyl sites for hydroxylation is 2. The molecule has 1 amide bonds. The molecule has 0 bridgehead atoms. The Morgan fingerprint density at radius 2 is 2.14 bits per heavy atom. The van der Waals surface area contributed by atoms with Gasteiger partial charge in [-0.15, -0.1) is 0 Å². The largest absolute Gasteiger partial charge is 0.351 e. The number of benzene rings is 1. The number of amides is 1. The third kappa shape index (κ3) is 3.07. The second kappa shape index (κ2) is 5.05. The highest BCUT2D eigenvalue weighted by Crippen LogP contribution is 2.09. The predicted octanol–water partition coefficient (Wildman–Crippen LogP) is 1.85. The zero-order chi connectivity index (χ0) is 10.6. The fourth-order valence-corrected chi connectivity index (χ4v) is 1.35. The number of carbonyl (C=O) groups excluding carboxylic acids is 1. The molecule has 0 unspecified atom stereocenters. The first-order valence-corrected chi connectivity index (χ1v) is 5.20. The maximum Gasteiger partial charge on any atom is 0.229 e. The summed E-state index contributed by atoms with van der Waals surface area (Å²) in [4.78, 5) is 11.0. The van der Waals surface area contributed by atoms with Gasteiger partial charge in [0.15, 0.2) is 0 Å². The van der Waals surface area contributed by atoms with Gasteiger partial charge < -0.3 is 5.32 Å². The second-order valence-corrected chi connectivity index (χ2v) is 3.68. The molecule has 0 spiro atoms. The molecule has 1 aromatic rings. The molecule has 0 aliphatic carbocycles. The molecular formula is C11H15NOS. The van der Waals surface area contributed by atoms with Gasteiger partial charge in [0.2, 0.25) is 5.91 Å². The van der Waals surface area contributed by atoms with Crippen LogP contribution in [0.4, 0.5) is 0 Å². The standard InChI is InChI=1S/C11H15NOS/c1-8-3-4-9(2)10(5-8)6-12-11(13)7-14/h3-5,14H,6-7H2,1-2H3,(H,12,13). The van der Waals surface area contributed by atoms with Gasteiger partial charge in [0.1, 0.15) is 0 Å². The number of hydrogen-bond donors (Lipinski definition) is 2. The first-order valence-electron chi connectivity index (χ1n) is 4.57. The van der Waals surface area contributed by atoms with Crippen LogP contribution >= 0.6 is 12.6 Å². The van der Waals surface area contributed by atoms with Crippen LogP contribution in [0.1, 0.15) is 16.7 Å². The molecule has 0 atom stereocenters. The van der Waals surface area contributed by atoms with Crippen molar-refractivity contribution < 1.29 is 4.79 Å². The fourth-order valence-electron chi connectivity index (χ4n) is 1.24. The van der Waals surface area contributed by atoms with Gasteiger partial charge in [0.25, 0.3) is 0 Å². The van der Waals surface area contributed by atoms with Crippen molar-refractivity contribution in [3.8, 4) is 0 Å². The summed E-state index contributed by atoms with van der Waals surface area (Å²) >= 11 is 3.90. The average molecular weight is 209 g/mol. The first kappa shape index (κ1) is 11.1. The molecule has 0 fully saturated rings. The Hall–Kier alpha value is -0.960. The van der Waals surface area contributed by atoms with Gasteiger partial charge >= 0.3 is 0 Å². The van der Waals surface area contributed by atoms with E-state index in [2.05, 4.69) is 36.1 Å². The van der Waals surface area contributed by atoms with Crippen LogP contribution in [0.25, 0.3) is 0 Å². The molecule has 0 saturated carbocycles. The van der Waals surface area contributed by atoms with E-state index < -0.39 is 0 Å². The third-order valence-corrected chi connectivity index (χ3v) is 2.41. The second-order valence-electron chi connectivity index (χ2n) is 3.36. The molecule has 1 N–H and O–H groups in total. The minimum atomic E-state index is -0.0331. The van der Waals surface area contributed by atoms with Crippen molar-refractivity contribution in [1.82, 2.24) is 5.32 Å². The van der Waals surface area contributed by atoms with Gasteiger partial charge in [-0.25, -0.2) is 0 Å². The van der Waals surface area contributed by atoms with Crippen LogP contribution in [0, 0.1) is 13.8 Å². The third-order valence-electron chi connectivity index (χ3n) is 2.12. The predicted molar refractivity (Wildman–Crippen MR) is 61.6 cm³/mol. The van der Waals surface area contributed by atoms with Crippen molar-refractivity contribution in [3.05, 3.63) is 34.9 Å². The number of hydrogen-bond acceptors (Lipinski definition) is 2. The topological polar surface area (TPSA) is 29.1 Å². The Morgan fingerprint density at radius 1 is 1.43 bits per heavy atom. The van der Waals surface area contributed by atoms with Gasteiger partial charge in [-0.1, -0.05) is 23.8 Å². The van der Waals surface area contributed by atoms with E-state index in [1.54, 1.807) is 0 Å². The van der Waals surface area contributed by atoms with E-state index in [0.717, 1.165) is 0 Å². The minimum Gasteiger partial charge on any atom is -0.351 e. The summed E-state index contributed by atoms with van der Waals surface area (Å²) in [5.74, 6) is 0.208. The molecule has 3 heteroatoms. The number of nitrogens with one attached hydrogen (secondary N) is 1. The van der Waals surface area contributed by atoms with Crippen LogP contribution in [-0.2, 0) is 11.3 Å². The molecule has 0 heterocycles. The summed E-state index contributed by atoms with van der Waals surface area (Å²) < 4.78 is 0. The Labute approximate surface area is 90.1 Å². The molecule has 14 heavy (non-hydrogen) atoms. The van der Waals surface area contributed by atoms with Gasteiger partial charge in [-0.2, -0.15) is 12.6 Å². The van der Waals surface area contributed by atoms with Gasteiger partial charge in [0.05, 0.1) is 5.75 Å². The molecule has 1 rings (SSSR count). The summed E-state index contributed by atoms with van der Waals surface area (Å²) in [5.41, 5.74) is 3.58. The molecule has 0 radical (unpaired) electrons. The molecule has 0 saturated heterocycles. The smallest absolute Gasteiger partial charge is 0.229 e. The van der Waals surface area contributed by atoms with E-state index in [0.29, 0.717) is 6.54 Å². The Bertz CT molecular complexity index is 336. The lowest BCUT2D eigenvalue weighted by atomic mass is 10.1. The van der Waals surface area contributed by atoms with Crippen LogP contribution < -0.4 is 5.32 Å². The van der Waals surface area contributed by atoms with E-state index >= 15 is 0 Å². The summed E-state index contributed by atoms with van der Waals surface area (Å²) in [6, 6.07) is 6.23. The van der Waals surface area contributed by atoms with Gasteiger partial charge in [0, 0.05) is 6.54 Å². The average Bonchev–Trinajstić information content (AvgIpc) is 2.19. The monoisotopic (exact) mass is 209 g/mol. The van der Waals surface area contributed by atoms with E-state index in [9.17, 15) is 4.79 Å². The van der Waals surface area contributed by atoms with Gasteiger partial charge in [-0.3, -0.25) is 4.79 Å². The fraction of sp³-hybridized carbons (Fsp3) is 0.364. The Balaban J connectivity index is 2.66. The van der Waals surface area contributed by atoms with E-state index in [1.165, 1.54) is 16.7 Å². The van der Waals surface area contributed by atoms with Crippen molar-refractivity contribution in [2.45, 2.75) is 20.4 Å². The molecule has 2 nitrogen and oxygen atoms in total.